The minimum Gasteiger partial charge on any atom is -0.318 e. The topological polar surface area (TPSA) is 32.5 Å². The Balaban J connectivity index is 1.72. The summed E-state index contributed by atoms with van der Waals surface area (Å²) in [5.74, 6) is 0. The first-order valence-corrected chi connectivity index (χ1v) is 6.07. The fraction of sp³-hybridized carbons (Fsp3) is 0.538. The Hall–Kier alpha value is -0.900. The van der Waals surface area contributed by atoms with Crippen molar-refractivity contribution in [2.75, 3.05) is 39.4 Å². The van der Waals surface area contributed by atoms with Crippen molar-refractivity contribution in [3.05, 3.63) is 35.9 Å². The highest BCUT2D eigenvalue weighted by molar-refractivity contribution is 5.14. The maximum atomic E-state index is 5.62. The fourth-order valence-electron chi connectivity index (χ4n) is 2.13. The molecule has 1 saturated heterocycles. The van der Waals surface area contributed by atoms with Crippen LogP contribution in [0.4, 0.5) is 0 Å². The Morgan fingerprint density at radius 3 is 2.19 bits per heavy atom. The van der Waals surface area contributed by atoms with Crippen LogP contribution in [0.3, 0.4) is 0 Å². The molecule has 88 valence electrons. The van der Waals surface area contributed by atoms with E-state index in [1.54, 1.807) is 0 Å². The van der Waals surface area contributed by atoms with Gasteiger partial charge in [-0.2, -0.15) is 0 Å². The first-order chi connectivity index (χ1) is 7.88. The van der Waals surface area contributed by atoms with Crippen molar-refractivity contribution in [3.8, 4) is 0 Å². The van der Waals surface area contributed by atoms with Gasteiger partial charge in [-0.25, -0.2) is 0 Å². The molecule has 0 spiro atoms. The normalized spacial score (nSPS) is 18.8. The monoisotopic (exact) mass is 219 g/mol. The molecular formula is C13H21N3. The van der Waals surface area contributed by atoms with E-state index in [1.165, 1.54) is 12.1 Å². The Kier molecular flexibility index (Phi) is 4.34. The lowest BCUT2D eigenvalue weighted by Gasteiger charge is -2.33. The predicted molar refractivity (Wildman–Crippen MR) is 67.2 cm³/mol. The molecule has 1 heterocycles. The van der Waals surface area contributed by atoms with Gasteiger partial charge < -0.3 is 10.6 Å². The first kappa shape index (κ1) is 11.6. The summed E-state index contributed by atoms with van der Waals surface area (Å²) in [6, 6.07) is 10.7. The van der Waals surface area contributed by atoms with Crippen molar-refractivity contribution in [1.29, 1.82) is 0 Å². The molecule has 1 aliphatic heterocycles. The highest BCUT2D eigenvalue weighted by atomic mass is 15.3. The molecule has 1 fully saturated rings. The lowest BCUT2D eigenvalue weighted by atomic mass is 10.1. The summed E-state index contributed by atoms with van der Waals surface area (Å²) in [6.45, 7) is 6.42. The zero-order chi connectivity index (χ0) is 11.2. The second-order valence-electron chi connectivity index (χ2n) is 4.38. The van der Waals surface area contributed by atoms with Gasteiger partial charge >= 0.3 is 0 Å². The maximum Gasteiger partial charge on any atom is 0.0456 e. The second-order valence-corrected chi connectivity index (χ2v) is 4.38. The Morgan fingerprint density at radius 2 is 1.56 bits per heavy atom. The van der Waals surface area contributed by atoms with Crippen molar-refractivity contribution in [3.63, 3.8) is 0 Å². The predicted octanol–water partition coefficient (Wildman–Crippen LogP) is 0.763. The van der Waals surface area contributed by atoms with Gasteiger partial charge in [0.15, 0.2) is 0 Å². The third-order valence-electron chi connectivity index (χ3n) is 3.28. The summed E-state index contributed by atoms with van der Waals surface area (Å²) in [6.07, 6.45) is 1.16. The molecule has 2 rings (SSSR count). The van der Waals surface area contributed by atoms with Gasteiger partial charge in [0.05, 0.1) is 0 Å². The molecule has 0 aliphatic carbocycles. The maximum absolute atomic E-state index is 5.62. The molecule has 0 radical (unpaired) electrons. The van der Waals surface area contributed by atoms with E-state index in [9.17, 15) is 0 Å². The Bertz CT molecular complexity index is 291. The lowest BCUT2D eigenvalue weighted by Crippen LogP contribution is -2.48. The van der Waals surface area contributed by atoms with Crippen molar-refractivity contribution in [2.24, 2.45) is 5.73 Å². The van der Waals surface area contributed by atoms with Crippen LogP contribution < -0.4 is 5.73 Å². The third-order valence-corrected chi connectivity index (χ3v) is 3.28. The third kappa shape index (κ3) is 3.30. The molecule has 0 aromatic heterocycles. The minimum absolute atomic E-state index is 0.701. The second kappa shape index (κ2) is 5.99. The molecule has 1 aliphatic rings. The minimum atomic E-state index is 0.701. The number of hydrogen-bond acceptors (Lipinski definition) is 3. The molecule has 0 amide bonds. The smallest absolute Gasteiger partial charge is 0.0456 e. The van der Waals surface area contributed by atoms with Gasteiger partial charge in [0.1, 0.15) is 0 Å². The van der Waals surface area contributed by atoms with E-state index >= 15 is 0 Å². The molecule has 0 bridgehead atoms. The lowest BCUT2D eigenvalue weighted by molar-refractivity contribution is 0.136. The molecule has 0 atom stereocenters. The summed E-state index contributed by atoms with van der Waals surface area (Å²) >= 11 is 0. The van der Waals surface area contributed by atoms with E-state index in [-0.39, 0.29) is 0 Å². The Labute approximate surface area is 97.8 Å². The number of nitrogens with zero attached hydrogens (tertiary/aromatic N) is 2. The molecule has 3 heteroatoms. The van der Waals surface area contributed by atoms with Gasteiger partial charge in [-0.05, 0) is 12.0 Å². The van der Waals surface area contributed by atoms with E-state index < -0.39 is 0 Å². The van der Waals surface area contributed by atoms with Crippen LogP contribution in [0, 0.1) is 0 Å². The zero-order valence-electron chi connectivity index (χ0n) is 9.81. The van der Waals surface area contributed by atoms with Gasteiger partial charge in [0.25, 0.3) is 0 Å². The van der Waals surface area contributed by atoms with Gasteiger partial charge in [-0.3, -0.25) is 4.90 Å². The standard InChI is InChI=1S/C13H21N3/c14-12-16-10-8-15(9-11-16)7-6-13-4-2-1-3-5-13/h1-5H,6-12,14H2. The summed E-state index contributed by atoms with van der Waals surface area (Å²) in [5.41, 5.74) is 7.06. The van der Waals surface area contributed by atoms with E-state index in [0.29, 0.717) is 6.67 Å². The molecule has 1 aromatic carbocycles. The molecule has 1 aromatic rings. The highest BCUT2D eigenvalue weighted by Gasteiger charge is 2.14. The van der Waals surface area contributed by atoms with E-state index in [2.05, 4.69) is 40.1 Å². The number of nitrogens with two attached hydrogens (primary N) is 1. The molecule has 3 nitrogen and oxygen atoms in total. The van der Waals surface area contributed by atoms with E-state index in [1.807, 2.05) is 0 Å². The van der Waals surface area contributed by atoms with E-state index in [0.717, 1.165) is 32.6 Å². The van der Waals surface area contributed by atoms with Gasteiger partial charge in [-0.15, -0.1) is 0 Å². The van der Waals surface area contributed by atoms with Crippen molar-refractivity contribution in [2.45, 2.75) is 6.42 Å². The molecular weight excluding hydrogens is 198 g/mol. The average Bonchev–Trinajstić information content (AvgIpc) is 2.38. The van der Waals surface area contributed by atoms with Crippen LogP contribution in [0.5, 0.6) is 0 Å². The van der Waals surface area contributed by atoms with Crippen molar-refractivity contribution >= 4 is 0 Å². The Morgan fingerprint density at radius 1 is 0.938 bits per heavy atom. The van der Waals surface area contributed by atoms with Crippen LogP contribution in [-0.2, 0) is 6.42 Å². The van der Waals surface area contributed by atoms with Crippen molar-refractivity contribution < 1.29 is 0 Å². The summed E-state index contributed by atoms with van der Waals surface area (Å²) in [7, 11) is 0. The van der Waals surface area contributed by atoms with Crippen LogP contribution in [0.15, 0.2) is 30.3 Å². The zero-order valence-corrected chi connectivity index (χ0v) is 9.81. The summed E-state index contributed by atoms with van der Waals surface area (Å²) in [5, 5.41) is 0. The van der Waals surface area contributed by atoms with E-state index in [4.69, 9.17) is 5.73 Å². The SMILES string of the molecule is NCN1CCN(CCc2ccccc2)CC1. The average molecular weight is 219 g/mol. The molecule has 0 saturated carbocycles. The number of rotatable bonds is 4. The van der Waals surface area contributed by atoms with Crippen LogP contribution >= 0.6 is 0 Å². The number of benzene rings is 1. The fourth-order valence-corrected chi connectivity index (χ4v) is 2.13. The van der Waals surface area contributed by atoms with Crippen LogP contribution in [0.25, 0.3) is 0 Å². The largest absolute Gasteiger partial charge is 0.318 e. The molecule has 2 N–H and O–H groups in total. The number of hydrogen-bond donors (Lipinski definition) is 1. The van der Waals surface area contributed by atoms with Crippen molar-refractivity contribution in [1.82, 2.24) is 9.80 Å². The number of piperazine rings is 1. The summed E-state index contributed by atoms with van der Waals surface area (Å²) < 4.78 is 0. The molecule has 0 unspecified atom stereocenters. The van der Waals surface area contributed by atoms with Crippen LogP contribution in [0.2, 0.25) is 0 Å². The van der Waals surface area contributed by atoms with Gasteiger partial charge in [0.2, 0.25) is 0 Å². The summed E-state index contributed by atoms with van der Waals surface area (Å²) in [4.78, 5) is 4.83. The highest BCUT2D eigenvalue weighted by Crippen LogP contribution is 2.04. The molecule has 16 heavy (non-hydrogen) atoms. The quantitative estimate of drug-likeness (QED) is 0.811. The first-order valence-electron chi connectivity index (χ1n) is 6.07. The van der Waals surface area contributed by atoms with Gasteiger partial charge in [0, 0.05) is 39.4 Å². The van der Waals surface area contributed by atoms with Crippen LogP contribution in [-0.4, -0.2) is 49.2 Å². The van der Waals surface area contributed by atoms with Gasteiger partial charge in [-0.1, -0.05) is 30.3 Å². The van der Waals surface area contributed by atoms with Crippen LogP contribution in [0.1, 0.15) is 5.56 Å².